The Morgan fingerprint density at radius 2 is 1.70 bits per heavy atom. The molecule has 3 aromatic carbocycles. The van der Waals surface area contributed by atoms with E-state index in [-0.39, 0.29) is 18.2 Å². The summed E-state index contributed by atoms with van der Waals surface area (Å²) in [6, 6.07) is 23.9. The molecule has 8 heteroatoms. The Bertz CT molecular complexity index is 1510. The van der Waals surface area contributed by atoms with Crippen molar-refractivity contribution in [3.05, 3.63) is 102 Å². The second-order valence-corrected chi connectivity index (χ2v) is 8.99. The quantitative estimate of drug-likeness (QED) is 0.384. The molecule has 0 radical (unpaired) electrons. The molecule has 0 saturated heterocycles. The zero-order valence-electron chi connectivity index (χ0n) is 20.6. The van der Waals surface area contributed by atoms with E-state index < -0.39 is 18.1 Å². The van der Waals surface area contributed by atoms with E-state index in [4.69, 9.17) is 4.99 Å². The molecule has 1 aliphatic heterocycles. The van der Waals surface area contributed by atoms with Crippen LogP contribution in [0.3, 0.4) is 0 Å². The van der Waals surface area contributed by atoms with Crippen molar-refractivity contribution >= 4 is 40.0 Å². The fourth-order valence-electron chi connectivity index (χ4n) is 4.51. The molecule has 1 aliphatic rings. The SMILES string of the molecule is C[C@H](NC(=O)Cc1c[nH]c2ccccc12)C(=O)N[C@H]1N=C(c2ccccc2)c2ccccc2N(C)C1=O. The van der Waals surface area contributed by atoms with Crippen molar-refractivity contribution in [2.24, 2.45) is 4.99 Å². The Balaban J connectivity index is 1.34. The Kier molecular flexibility index (Phi) is 6.55. The second-order valence-electron chi connectivity index (χ2n) is 8.99. The highest BCUT2D eigenvalue weighted by Crippen LogP contribution is 2.27. The number of benzene rings is 3. The van der Waals surface area contributed by atoms with Gasteiger partial charge in [-0.05, 0) is 24.6 Å². The van der Waals surface area contributed by atoms with Crippen LogP contribution in [0.4, 0.5) is 5.69 Å². The van der Waals surface area contributed by atoms with E-state index in [2.05, 4.69) is 15.6 Å². The first-order valence-corrected chi connectivity index (χ1v) is 12.1. The average Bonchev–Trinajstić information content (AvgIpc) is 3.28. The summed E-state index contributed by atoms with van der Waals surface area (Å²) < 4.78 is 0. The third-order valence-corrected chi connectivity index (χ3v) is 6.47. The zero-order valence-corrected chi connectivity index (χ0v) is 20.6. The number of hydrogen-bond donors (Lipinski definition) is 3. The van der Waals surface area contributed by atoms with Gasteiger partial charge in [0.05, 0.1) is 17.8 Å². The molecular formula is C29H27N5O3. The molecule has 37 heavy (non-hydrogen) atoms. The van der Waals surface area contributed by atoms with Gasteiger partial charge in [0.2, 0.25) is 18.0 Å². The predicted molar refractivity (Wildman–Crippen MR) is 143 cm³/mol. The Morgan fingerprint density at radius 1 is 1.00 bits per heavy atom. The fraction of sp³-hybridized carbons (Fsp3) is 0.172. The third-order valence-electron chi connectivity index (χ3n) is 6.47. The number of anilines is 1. The fourth-order valence-corrected chi connectivity index (χ4v) is 4.51. The molecule has 0 aliphatic carbocycles. The minimum atomic E-state index is -1.15. The number of H-pyrrole nitrogens is 1. The molecule has 2 heterocycles. The number of nitrogens with one attached hydrogen (secondary N) is 3. The van der Waals surface area contributed by atoms with Crippen LogP contribution in [-0.4, -0.2) is 47.7 Å². The summed E-state index contributed by atoms with van der Waals surface area (Å²) >= 11 is 0. The molecule has 0 saturated carbocycles. The van der Waals surface area contributed by atoms with Gasteiger partial charge in [0.25, 0.3) is 5.91 Å². The number of likely N-dealkylation sites (N-methyl/N-ethyl adjacent to an activating group) is 1. The van der Waals surface area contributed by atoms with Gasteiger partial charge in [-0.15, -0.1) is 0 Å². The minimum absolute atomic E-state index is 0.123. The lowest BCUT2D eigenvalue weighted by atomic mass is 10.0. The van der Waals surface area contributed by atoms with Crippen LogP contribution in [0.15, 0.2) is 90.1 Å². The highest BCUT2D eigenvalue weighted by atomic mass is 16.2. The van der Waals surface area contributed by atoms with Gasteiger partial charge in [-0.25, -0.2) is 4.99 Å². The molecule has 186 valence electrons. The van der Waals surface area contributed by atoms with Gasteiger partial charge in [-0.1, -0.05) is 66.7 Å². The van der Waals surface area contributed by atoms with Gasteiger partial charge in [0.15, 0.2) is 0 Å². The lowest BCUT2D eigenvalue weighted by Crippen LogP contribution is -2.52. The number of aliphatic imine (C=N–C) groups is 1. The van der Waals surface area contributed by atoms with Crippen molar-refractivity contribution in [2.45, 2.75) is 25.6 Å². The number of fused-ring (bicyclic) bond motifs is 2. The standard InChI is InChI=1S/C29H27N5O3/c1-18(31-25(35)16-20-17-30-23-14-8-6-12-21(20)23)28(36)33-27-29(37)34(2)24-15-9-7-13-22(24)26(32-27)19-10-4-3-5-11-19/h3-15,17-18,27,30H,16H2,1-2H3,(H,31,35)(H,33,36)/t18-,27+/m0/s1. The molecule has 1 aromatic heterocycles. The van der Waals surface area contributed by atoms with Gasteiger partial charge < -0.3 is 20.5 Å². The van der Waals surface area contributed by atoms with Gasteiger partial charge in [-0.3, -0.25) is 14.4 Å². The van der Waals surface area contributed by atoms with E-state index in [0.29, 0.717) is 11.4 Å². The smallest absolute Gasteiger partial charge is 0.272 e. The normalized spacial score (nSPS) is 15.9. The molecule has 0 spiro atoms. The van der Waals surface area contributed by atoms with Crippen molar-refractivity contribution in [3.63, 3.8) is 0 Å². The van der Waals surface area contributed by atoms with E-state index in [9.17, 15) is 14.4 Å². The monoisotopic (exact) mass is 493 g/mol. The molecule has 8 nitrogen and oxygen atoms in total. The Labute approximate surface area is 214 Å². The number of carbonyl (C=O) groups is 3. The molecule has 0 bridgehead atoms. The van der Waals surface area contributed by atoms with Crippen LogP contribution in [0.25, 0.3) is 10.9 Å². The number of carbonyl (C=O) groups excluding carboxylic acids is 3. The van der Waals surface area contributed by atoms with Crippen LogP contribution in [0.2, 0.25) is 0 Å². The van der Waals surface area contributed by atoms with E-state index in [0.717, 1.165) is 27.6 Å². The highest BCUT2D eigenvalue weighted by Gasteiger charge is 2.32. The molecule has 0 unspecified atom stereocenters. The van der Waals surface area contributed by atoms with Crippen molar-refractivity contribution in [1.82, 2.24) is 15.6 Å². The lowest BCUT2D eigenvalue weighted by Gasteiger charge is -2.22. The number of para-hydroxylation sites is 2. The topological polar surface area (TPSA) is 107 Å². The zero-order chi connectivity index (χ0) is 25.9. The first-order chi connectivity index (χ1) is 17.9. The third kappa shape index (κ3) is 4.86. The van der Waals surface area contributed by atoms with Crippen molar-refractivity contribution in [1.29, 1.82) is 0 Å². The van der Waals surface area contributed by atoms with Crippen LogP contribution < -0.4 is 15.5 Å². The largest absolute Gasteiger partial charge is 0.361 e. The molecule has 5 rings (SSSR count). The number of hydrogen-bond acceptors (Lipinski definition) is 4. The van der Waals surface area contributed by atoms with E-state index in [1.54, 1.807) is 20.2 Å². The van der Waals surface area contributed by atoms with Gasteiger partial charge in [0, 0.05) is 35.3 Å². The second kappa shape index (κ2) is 10.1. The lowest BCUT2D eigenvalue weighted by molar-refractivity contribution is -0.130. The first-order valence-electron chi connectivity index (χ1n) is 12.1. The van der Waals surface area contributed by atoms with Crippen LogP contribution in [0.5, 0.6) is 0 Å². The summed E-state index contributed by atoms with van der Waals surface area (Å²) in [6.07, 6.45) is 0.776. The summed E-state index contributed by atoms with van der Waals surface area (Å²) in [7, 11) is 1.66. The van der Waals surface area contributed by atoms with Crippen molar-refractivity contribution in [3.8, 4) is 0 Å². The van der Waals surface area contributed by atoms with Crippen LogP contribution in [-0.2, 0) is 20.8 Å². The summed E-state index contributed by atoms with van der Waals surface area (Å²) in [4.78, 5) is 48.4. The maximum Gasteiger partial charge on any atom is 0.272 e. The maximum atomic E-state index is 13.3. The molecular weight excluding hydrogens is 466 g/mol. The summed E-state index contributed by atoms with van der Waals surface area (Å²) in [5, 5.41) is 6.43. The van der Waals surface area contributed by atoms with Gasteiger partial charge in [-0.2, -0.15) is 0 Å². The number of aromatic nitrogens is 1. The van der Waals surface area contributed by atoms with Gasteiger partial charge >= 0.3 is 0 Å². The van der Waals surface area contributed by atoms with Crippen LogP contribution >= 0.6 is 0 Å². The molecule has 4 aromatic rings. The van der Waals surface area contributed by atoms with E-state index in [1.165, 1.54) is 4.90 Å². The highest BCUT2D eigenvalue weighted by molar-refractivity contribution is 6.20. The van der Waals surface area contributed by atoms with E-state index >= 15 is 0 Å². The average molecular weight is 494 g/mol. The Morgan fingerprint density at radius 3 is 2.51 bits per heavy atom. The summed E-state index contributed by atoms with van der Waals surface area (Å²) in [6.45, 7) is 1.59. The van der Waals surface area contributed by atoms with Crippen molar-refractivity contribution < 1.29 is 14.4 Å². The minimum Gasteiger partial charge on any atom is -0.361 e. The molecule has 2 atom stereocenters. The van der Waals surface area contributed by atoms with Crippen molar-refractivity contribution in [2.75, 3.05) is 11.9 Å². The number of aromatic amines is 1. The molecule has 3 N–H and O–H groups in total. The van der Waals surface area contributed by atoms with Crippen LogP contribution in [0, 0.1) is 0 Å². The Hall–Kier alpha value is -4.72. The number of benzodiazepines with no additional fused rings is 1. The van der Waals surface area contributed by atoms with Gasteiger partial charge in [0.1, 0.15) is 6.04 Å². The summed E-state index contributed by atoms with van der Waals surface area (Å²) in [5.41, 5.74) is 4.72. The molecule has 0 fully saturated rings. The number of rotatable bonds is 6. The first kappa shape index (κ1) is 24.0. The van der Waals surface area contributed by atoms with E-state index in [1.807, 2.05) is 78.9 Å². The predicted octanol–water partition coefficient (Wildman–Crippen LogP) is 3.17. The summed E-state index contributed by atoms with van der Waals surface area (Å²) in [5.74, 6) is -1.16. The number of nitrogens with zero attached hydrogens (tertiary/aromatic N) is 2. The maximum absolute atomic E-state index is 13.3. The molecule has 3 amide bonds. The number of amides is 3. The van der Waals surface area contributed by atoms with Crippen LogP contribution in [0.1, 0.15) is 23.6 Å².